The highest BCUT2D eigenvalue weighted by Crippen LogP contribution is 2.30. The summed E-state index contributed by atoms with van der Waals surface area (Å²) in [5.74, 6) is 0.481. The van der Waals surface area contributed by atoms with Crippen LogP contribution in [0.2, 0.25) is 19.6 Å². The molecule has 0 radical (unpaired) electrons. The molecular formula is C13H18ClF2NOSi. The molecule has 106 valence electrons. The molecule has 0 aliphatic heterocycles. The Morgan fingerprint density at radius 3 is 2.05 bits per heavy atom. The van der Waals surface area contributed by atoms with Crippen molar-refractivity contribution < 1.29 is 13.5 Å². The first-order chi connectivity index (χ1) is 8.81. The fourth-order valence-electron chi connectivity index (χ4n) is 1.87. The van der Waals surface area contributed by atoms with Gasteiger partial charge in [-0.15, -0.1) is 11.6 Å². The average molecular weight is 306 g/mol. The largest absolute Gasteiger partial charge is 0.497 e. The van der Waals surface area contributed by atoms with E-state index in [1.807, 2.05) is 19.6 Å². The monoisotopic (exact) mass is 305 g/mol. The number of rotatable bonds is 5. The number of methoxy groups -OCH3 is 1. The van der Waals surface area contributed by atoms with Crippen molar-refractivity contribution in [2.24, 2.45) is 0 Å². The minimum absolute atomic E-state index is 0.119. The molecule has 0 bridgehead atoms. The molecule has 0 fully saturated rings. The molecule has 6 heteroatoms. The van der Waals surface area contributed by atoms with Crippen LogP contribution in [-0.2, 0) is 0 Å². The number of hydrogen-bond acceptors (Lipinski definition) is 2. The first kappa shape index (κ1) is 16.0. The lowest BCUT2D eigenvalue weighted by molar-refractivity contribution is 0.411. The fraction of sp³-hybridized carbons (Fsp3) is 0.385. The maximum Gasteiger partial charge on any atom is 0.290 e. The summed E-state index contributed by atoms with van der Waals surface area (Å²) in [7, 11) is -0.466. The van der Waals surface area contributed by atoms with Gasteiger partial charge < -0.3 is 9.30 Å². The van der Waals surface area contributed by atoms with Crippen LogP contribution in [0.3, 0.4) is 0 Å². The van der Waals surface area contributed by atoms with Gasteiger partial charge in [0, 0.05) is 5.69 Å². The molecule has 0 amide bonds. The highest BCUT2D eigenvalue weighted by Gasteiger charge is 2.29. The number of halogens is 3. The van der Waals surface area contributed by atoms with E-state index in [4.69, 9.17) is 16.3 Å². The molecule has 1 rings (SSSR count). The predicted molar refractivity (Wildman–Crippen MR) is 78.8 cm³/mol. The normalized spacial score (nSPS) is 11.1. The Morgan fingerprint density at radius 1 is 1.21 bits per heavy atom. The average Bonchev–Trinajstić information content (AvgIpc) is 2.34. The van der Waals surface area contributed by atoms with Gasteiger partial charge >= 0.3 is 0 Å². The molecule has 0 aliphatic rings. The Labute approximate surface area is 118 Å². The Morgan fingerprint density at radius 2 is 1.74 bits per heavy atom. The summed E-state index contributed by atoms with van der Waals surface area (Å²) in [4.78, 5) is 0. The minimum Gasteiger partial charge on any atom is -0.497 e. The maximum absolute atomic E-state index is 13.1. The van der Waals surface area contributed by atoms with E-state index in [2.05, 4.69) is 0 Å². The van der Waals surface area contributed by atoms with E-state index in [1.165, 1.54) is 0 Å². The first-order valence-electron chi connectivity index (χ1n) is 5.85. The van der Waals surface area contributed by atoms with Crippen LogP contribution in [0.4, 0.5) is 14.5 Å². The molecule has 1 aromatic rings. The van der Waals surface area contributed by atoms with Crippen molar-refractivity contribution in [2.75, 3.05) is 17.6 Å². The van der Waals surface area contributed by atoms with Gasteiger partial charge in [0.25, 0.3) is 6.08 Å². The van der Waals surface area contributed by atoms with E-state index < -0.39 is 14.3 Å². The van der Waals surface area contributed by atoms with E-state index in [1.54, 1.807) is 35.9 Å². The quantitative estimate of drug-likeness (QED) is 0.578. The number of hydrogen-bond donors (Lipinski definition) is 0. The molecule has 0 unspecified atom stereocenters. The van der Waals surface area contributed by atoms with Gasteiger partial charge in [-0.05, 0) is 24.3 Å². The molecule has 1 aromatic carbocycles. The number of anilines is 1. The van der Waals surface area contributed by atoms with Crippen molar-refractivity contribution >= 4 is 25.5 Å². The molecule has 0 heterocycles. The van der Waals surface area contributed by atoms with E-state index in [-0.39, 0.29) is 11.6 Å². The van der Waals surface area contributed by atoms with Crippen molar-refractivity contribution in [3.05, 3.63) is 36.0 Å². The van der Waals surface area contributed by atoms with Crippen LogP contribution >= 0.6 is 11.6 Å². The second-order valence-corrected chi connectivity index (χ2v) is 10.1. The van der Waals surface area contributed by atoms with Crippen LogP contribution in [0.25, 0.3) is 0 Å². The number of alkyl halides is 1. The zero-order valence-corrected chi connectivity index (χ0v) is 13.3. The van der Waals surface area contributed by atoms with Crippen molar-refractivity contribution in [1.29, 1.82) is 0 Å². The zero-order valence-electron chi connectivity index (χ0n) is 11.5. The Kier molecular flexibility index (Phi) is 5.37. The summed E-state index contributed by atoms with van der Waals surface area (Å²) >= 11 is 5.69. The SMILES string of the molecule is COc1ccc(N(C(CCl)=C(F)F)[Si](C)(C)C)cc1. The first-order valence-corrected chi connectivity index (χ1v) is 9.84. The van der Waals surface area contributed by atoms with Gasteiger partial charge in [-0.25, -0.2) is 0 Å². The highest BCUT2D eigenvalue weighted by molar-refractivity contribution is 6.80. The standard InChI is InChI=1S/C13H18ClF2NOSi/c1-18-11-7-5-10(6-8-11)17(19(2,3)4)12(9-14)13(15)16/h5-8H,9H2,1-4H3. The summed E-state index contributed by atoms with van der Waals surface area (Å²) in [6.07, 6.45) is -1.73. The molecule has 0 aromatic heterocycles. The minimum atomic E-state index is -2.03. The van der Waals surface area contributed by atoms with Crippen molar-refractivity contribution in [1.82, 2.24) is 0 Å². The summed E-state index contributed by atoms with van der Waals surface area (Å²) in [6, 6.07) is 7.05. The second-order valence-electron chi connectivity index (χ2n) is 5.04. The molecular weight excluding hydrogens is 288 g/mol. The number of ether oxygens (including phenoxy) is 1. The Balaban J connectivity index is 3.28. The lowest BCUT2D eigenvalue weighted by atomic mass is 10.3. The lowest BCUT2D eigenvalue weighted by Crippen LogP contribution is -2.46. The maximum atomic E-state index is 13.1. The van der Waals surface area contributed by atoms with E-state index >= 15 is 0 Å². The van der Waals surface area contributed by atoms with Crippen LogP contribution in [0, 0.1) is 0 Å². The van der Waals surface area contributed by atoms with Gasteiger partial charge in [0.05, 0.1) is 18.7 Å². The lowest BCUT2D eigenvalue weighted by Gasteiger charge is -2.37. The summed E-state index contributed by atoms with van der Waals surface area (Å²) in [5, 5.41) is 0. The Hall–Kier alpha value is -1.07. The molecule has 0 saturated carbocycles. The van der Waals surface area contributed by atoms with Crippen LogP contribution < -0.4 is 9.30 Å². The third-order valence-electron chi connectivity index (χ3n) is 2.62. The fourth-order valence-corrected chi connectivity index (χ4v) is 4.09. The van der Waals surface area contributed by atoms with E-state index in [0.29, 0.717) is 11.4 Å². The molecule has 0 aliphatic carbocycles. The summed E-state index contributed by atoms with van der Waals surface area (Å²) in [6.45, 7) is 5.98. The van der Waals surface area contributed by atoms with Crippen LogP contribution in [0.5, 0.6) is 5.75 Å². The molecule has 0 atom stereocenters. The van der Waals surface area contributed by atoms with Gasteiger partial charge in [-0.3, -0.25) is 0 Å². The third-order valence-corrected chi connectivity index (χ3v) is 4.74. The van der Waals surface area contributed by atoms with Gasteiger partial charge in [-0.2, -0.15) is 8.78 Å². The smallest absolute Gasteiger partial charge is 0.290 e. The molecule has 19 heavy (non-hydrogen) atoms. The number of nitrogens with zero attached hydrogens (tertiary/aromatic N) is 1. The molecule has 0 saturated heterocycles. The topological polar surface area (TPSA) is 12.5 Å². The van der Waals surface area contributed by atoms with E-state index in [0.717, 1.165) is 0 Å². The van der Waals surface area contributed by atoms with Crippen molar-refractivity contribution in [2.45, 2.75) is 19.6 Å². The predicted octanol–water partition coefficient (Wildman–Crippen LogP) is 4.68. The van der Waals surface area contributed by atoms with Gasteiger partial charge in [-0.1, -0.05) is 19.6 Å². The summed E-state index contributed by atoms with van der Waals surface area (Å²) < 4.78 is 32.9. The van der Waals surface area contributed by atoms with Crippen molar-refractivity contribution in [3.63, 3.8) is 0 Å². The van der Waals surface area contributed by atoms with E-state index in [9.17, 15) is 8.78 Å². The number of allylic oxidation sites excluding steroid dienone is 1. The van der Waals surface area contributed by atoms with Gasteiger partial charge in [0.1, 0.15) is 5.75 Å². The molecule has 2 nitrogen and oxygen atoms in total. The van der Waals surface area contributed by atoms with Crippen molar-refractivity contribution in [3.8, 4) is 5.75 Å². The van der Waals surface area contributed by atoms with Crippen LogP contribution in [0.1, 0.15) is 0 Å². The molecule has 0 N–H and O–H groups in total. The third kappa shape index (κ3) is 3.94. The van der Waals surface area contributed by atoms with Crippen LogP contribution in [0.15, 0.2) is 36.0 Å². The Bertz CT molecular complexity index is 453. The summed E-state index contributed by atoms with van der Waals surface area (Å²) in [5.41, 5.74) is 0.592. The number of benzene rings is 1. The highest BCUT2D eigenvalue weighted by atomic mass is 35.5. The molecule has 0 spiro atoms. The van der Waals surface area contributed by atoms with Crippen LogP contribution in [-0.4, -0.2) is 21.2 Å². The second kappa shape index (κ2) is 6.39. The zero-order chi connectivity index (χ0) is 14.6. The van der Waals surface area contributed by atoms with Gasteiger partial charge in [0.2, 0.25) is 0 Å². The van der Waals surface area contributed by atoms with Gasteiger partial charge in [0.15, 0.2) is 8.24 Å².